The van der Waals surface area contributed by atoms with E-state index in [0.29, 0.717) is 11.4 Å². The van der Waals surface area contributed by atoms with Gasteiger partial charge in [0.15, 0.2) is 6.61 Å². The summed E-state index contributed by atoms with van der Waals surface area (Å²) in [6.07, 6.45) is 1.69. The smallest absolute Gasteiger partial charge is 0.262 e. The third-order valence-electron chi connectivity index (χ3n) is 4.05. The number of carbonyl (C=O) groups is 1. The van der Waals surface area contributed by atoms with Crippen molar-refractivity contribution in [2.24, 2.45) is 0 Å². The lowest BCUT2D eigenvalue weighted by Gasteiger charge is -2.09. The first-order valence-electron chi connectivity index (χ1n) is 8.29. The van der Waals surface area contributed by atoms with E-state index in [1.807, 2.05) is 72.8 Å². The van der Waals surface area contributed by atoms with E-state index in [0.717, 1.165) is 22.0 Å². The lowest BCUT2D eigenvalue weighted by Crippen LogP contribution is -2.20. The number of anilines is 1. The fourth-order valence-corrected chi connectivity index (χ4v) is 2.78. The minimum absolute atomic E-state index is 0.0490. The summed E-state index contributed by atoms with van der Waals surface area (Å²) in [6, 6.07) is 23.3. The minimum Gasteiger partial charge on any atom is -0.484 e. The van der Waals surface area contributed by atoms with Crippen LogP contribution in [0.3, 0.4) is 0 Å². The number of nitrogens with zero attached hydrogens (tertiary/aromatic N) is 1. The van der Waals surface area contributed by atoms with Crippen LogP contribution in [0.5, 0.6) is 5.75 Å². The third kappa shape index (κ3) is 3.57. The quantitative estimate of drug-likeness (QED) is 0.569. The molecule has 0 saturated heterocycles. The average molecular weight is 343 g/mol. The van der Waals surface area contributed by atoms with Gasteiger partial charge in [-0.2, -0.15) is 5.10 Å². The van der Waals surface area contributed by atoms with Crippen molar-refractivity contribution in [1.82, 2.24) is 10.2 Å². The molecule has 1 amide bonds. The second kappa shape index (κ2) is 7.11. The average Bonchev–Trinajstić information content (AvgIpc) is 3.21. The zero-order valence-corrected chi connectivity index (χ0v) is 14.0. The first-order valence-corrected chi connectivity index (χ1v) is 8.29. The van der Waals surface area contributed by atoms with Crippen LogP contribution in [-0.2, 0) is 4.79 Å². The number of H-pyrrole nitrogens is 1. The highest BCUT2D eigenvalue weighted by Gasteiger charge is 2.06. The maximum Gasteiger partial charge on any atom is 0.262 e. The summed E-state index contributed by atoms with van der Waals surface area (Å²) >= 11 is 0. The largest absolute Gasteiger partial charge is 0.484 e. The first kappa shape index (κ1) is 15.9. The normalized spacial score (nSPS) is 10.6. The zero-order valence-electron chi connectivity index (χ0n) is 14.0. The van der Waals surface area contributed by atoms with Crippen molar-refractivity contribution < 1.29 is 9.53 Å². The summed E-state index contributed by atoms with van der Waals surface area (Å²) in [7, 11) is 0. The molecule has 4 aromatic rings. The number of aromatic amines is 1. The van der Waals surface area contributed by atoms with Crippen LogP contribution < -0.4 is 10.1 Å². The van der Waals surface area contributed by atoms with Gasteiger partial charge < -0.3 is 10.1 Å². The van der Waals surface area contributed by atoms with Crippen LogP contribution in [0.2, 0.25) is 0 Å². The van der Waals surface area contributed by atoms with Crippen molar-refractivity contribution in [3.63, 3.8) is 0 Å². The molecular weight excluding hydrogens is 326 g/mol. The molecule has 0 unspecified atom stereocenters. The molecule has 0 aliphatic rings. The molecule has 128 valence electrons. The van der Waals surface area contributed by atoms with Gasteiger partial charge in [-0.05, 0) is 41.1 Å². The van der Waals surface area contributed by atoms with Gasteiger partial charge in [0.2, 0.25) is 0 Å². The van der Waals surface area contributed by atoms with Crippen LogP contribution in [0.15, 0.2) is 79.0 Å². The summed E-state index contributed by atoms with van der Waals surface area (Å²) in [4.78, 5) is 12.2. The molecule has 0 atom stereocenters. The third-order valence-corrected chi connectivity index (χ3v) is 4.05. The molecule has 0 radical (unpaired) electrons. The highest BCUT2D eigenvalue weighted by atomic mass is 16.5. The van der Waals surface area contributed by atoms with E-state index in [4.69, 9.17) is 4.74 Å². The Bertz CT molecular complexity index is 1040. The van der Waals surface area contributed by atoms with Gasteiger partial charge in [-0.25, -0.2) is 0 Å². The van der Waals surface area contributed by atoms with Gasteiger partial charge in [-0.3, -0.25) is 9.89 Å². The number of rotatable bonds is 5. The van der Waals surface area contributed by atoms with Gasteiger partial charge in [0.05, 0.1) is 5.69 Å². The SMILES string of the molecule is O=C(COc1ccc2ccccc2c1)Nc1cccc(-c2ccn[nH]2)c1. The summed E-state index contributed by atoms with van der Waals surface area (Å²) in [5, 5.41) is 11.9. The number of ether oxygens (including phenoxy) is 1. The van der Waals surface area contributed by atoms with Crippen LogP contribution in [0, 0.1) is 0 Å². The number of carbonyl (C=O) groups excluding carboxylic acids is 1. The van der Waals surface area contributed by atoms with Crippen LogP contribution in [0.25, 0.3) is 22.0 Å². The van der Waals surface area contributed by atoms with Crippen molar-refractivity contribution in [1.29, 1.82) is 0 Å². The van der Waals surface area contributed by atoms with Crippen LogP contribution >= 0.6 is 0 Å². The molecule has 1 heterocycles. The van der Waals surface area contributed by atoms with Gasteiger partial charge in [0.25, 0.3) is 5.91 Å². The Hall–Kier alpha value is -3.60. The van der Waals surface area contributed by atoms with Gasteiger partial charge in [0.1, 0.15) is 5.75 Å². The number of hydrogen-bond donors (Lipinski definition) is 2. The first-order chi connectivity index (χ1) is 12.8. The Morgan fingerprint density at radius 2 is 1.85 bits per heavy atom. The molecule has 1 aromatic heterocycles. The number of hydrogen-bond acceptors (Lipinski definition) is 3. The summed E-state index contributed by atoms with van der Waals surface area (Å²) in [5.74, 6) is 0.463. The Balaban J connectivity index is 1.40. The lowest BCUT2D eigenvalue weighted by atomic mass is 10.1. The topological polar surface area (TPSA) is 67.0 Å². The summed E-state index contributed by atoms with van der Waals surface area (Å²) in [5.41, 5.74) is 2.56. The van der Waals surface area contributed by atoms with E-state index in [2.05, 4.69) is 15.5 Å². The Labute approximate surface area is 150 Å². The number of nitrogens with one attached hydrogen (secondary N) is 2. The lowest BCUT2D eigenvalue weighted by molar-refractivity contribution is -0.118. The van der Waals surface area contributed by atoms with Crippen molar-refractivity contribution >= 4 is 22.4 Å². The van der Waals surface area contributed by atoms with Crippen molar-refractivity contribution in [3.8, 4) is 17.0 Å². The van der Waals surface area contributed by atoms with E-state index in [1.54, 1.807) is 6.20 Å². The predicted molar refractivity (Wildman–Crippen MR) is 102 cm³/mol. The van der Waals surface area contributed by atoms with E-state index in [9.17, 15) is 4.79 Å². The van der Waals surface area contributed by atoms with Gasteiger partial charge >= 0.3 is 0 Å². The highest BCUT2D eigenvalue weighted by molar-refractivity contribution is 5.92. The van der Waals surface area contributed by atoms with Crippen LogP contribution in [-0.4, -0.2) is 22.7 Å². The Morgan fingerprint density at radius 1 is 0.962 bits per heavy atom. The maximum atomic E-state index is 12.2. The molecule has 3 aromatic carbocycles. The molecule has 0 saturated carbocycles. The Morgan fingerprint density at radius 3 is 2.69 bits per heavy atom. The fraction of sp³-hybridized carbons (Fsp3) is 0.0476. The number of fused-ring (bicyclic) bond motifs is 1. The molecule has 2 N–H and O–H groups in total. The summed E-state index contributed by atoms with van der Waals surface area (Å²) < 4.78 is 5.62. The molecule has 0 spiro atoms. The molecule has 0 fully saturated rings. The highest BCUT2D eigenvalue weighted by Crippen LogP contribution is 2.22. The Kier molecular flexibility index (Phi) is 4.35. The zero-order chi connectivity index (χ0) is 17.8. The van der Waals surface area contributed by atoms with E-state index < -0.39 is 0 Å². The monoisotopic (exact) mass is 343 g/mol. The van der Waals surface area contributed by atoms with E-state index in [1.165, 1.54) is 0 Å². The van der Waals surface area contributed by atoms with Crippen molar-refractivity contribution in [2.75, 3.05) is 11.9 Å². The molecule has 4 rings (SSSR count). The molecule has 0 aliphatic heterocycles. The molecule has 5 nitrogen and oxygen atoms in total. The minimum atomic E-state index is -0.208. The molecular formula is C21H17N3O2. The molecule has 5 heteroatoms. The molecule has 0 bridgehead atoms. The number of aromatic nitrogens is 2. The number of amides is 1. The molecule has 0 aliphatic carbocycles. The van der Waals surface area contributed by atoms with Gasteiger partial charge in [0, 0.05) is 17.4 Å². The second-order valence-corrected chi connectivity index (χ2v) is 5.90. The van der Waals surface area contributed by atoms with Gasteiger partial charge in [-0.15, -0.1) is 0 Å². The fourth-order valence-electron chi connectivity index (χ4n) is 2.78. The standard InChI is InChI=1S/C21H17N3O2/c25-21(14-26-19-9-8-15-4-1-2-5-16(15)13-19)23-18-7-3-6-17(12-18)20-10-11-22-24-20/h1-13H,14H2,(H,22,24)(H,23,25). The number of benzene rings is 3. The van der Waals surface area contributed by atoms with Crippen molar-refractivity contribution in [3.05, 3.63) is 79.0 Å². The summed E-state index contributed by atoms with van der Waals surface area (Å²) in [6.45, 7) is -0.0490. The molecule has 26 heavy (non-hydrogen) atoms. The van der Waals surface area contributed by atoms with Crippen LogP contribution in [0.4, 0.5) is 5.69 Å². The van der Waals surface area contributed by atoms with Gasteiger partial charge in [-0.1, -0.05) is 42.5 Å². The van der Waals surface area contributed by atoms with E-state index >= 15 is 0 Å². The second-order valence-electron chi connectivity index (χ2n) is 5.90. The van der Waals surface area contributed by atoms with Crippen molar-refractivity contribution in [2.45, 2.75) is 0 Å². The predicted octanol–water partition coefficient (Wildman–Crippen LogP) is 4.25. The van der Waals surface area contributed by atoms with E-state index in [-0.39, 0.29) is 12.5 Å². The maximum absolute atomic E-state index is 12.2. The van der Waals surface area contributed by atoms with Crippen LogP contribution in [0.1, 0.15) is 0 Å².